The van der Waals surface area contributed by atoms with Gasteiger partial charge in [0.15, 0.2) is 5.13 Å². The molecule has 0 radical (unpaired) electrons. The largest absolute Gasteiger partial charge is 0.368 e. The molecule has 3 N–H and O–H groups in total. The lowest BCUT2D eigenvalue weighted by Crippen LogP contribution is -2.45. The third-order valence-corrected chi connectivity index (χ3v) is 5.81. The van der Waals surface area contributed by atoms with Gasteiger partial charge in [0, 0.05) is 11.9 Å². The van der Waals surface area contributed by atoms with Crippen LogP contribution in [0.15, 0.2) is 16.8 Å². The van der Waals surface area contributed by atoms with E-state index in [9.17, 15) is 9.59 Å². The number of primary amides is 1. The summed E-state index contributed by atoms with van der Waals surface area (Å²) in [5, 5.41) is 8.13. The van der Waals surface area contributed by atoms with Crippen molar-refractivity contribution < 1.29 is 9.59 Å². The number of aromatic nitrogens is 1. The first kappa shape index (κ1) is 16.2. The number of likely N-dealkylation sites (tertiary alicyclic amines) is 1. The Hall–Kier alpha value is -1.64. The Kier molecular flexibility index (Phi) is 4.84. The van der Waals surface area contributed by atoms with Gasteiger partial charge in [0.05, 0.1) is 22.1 Å². The molecule has 1 saturated heterocycles. The highest BCUT2D eigenvalue weighted by molar-refractivity contribution is 7.16. The third kappa shape index (κ3) is 3.49. The van der Waals surface area contributed by atoms with E-state index in [4.69, 9.17) is 17.3 Å². The summed E-state index contributed by atoms with van der Waals surface area (Å²) in [6.07, 6.45) is 1.44. The number of thiophene rings is 1. The fourth-order valence-corrected chi connectivity index (χ4v) is 4.44. The summed E-state index contributed by atoms with van der Waals surface area (Å²) < 4.78 is 0. The second-order valence-electron chi connectivity index (χ2n) is 5.14. The Morgan fingerprint density at radius 1 is 1.48 bits per heavy atom. The van der Waals surface area contributed by atoms with Gasteiger partial charge < -0.3 is 16.0 Å². The maximum Gasteiger partial charge on any atom is 0.242 e. The fourth-order valence-electron chi connectivity index (χ4n) is 2.55. The first-order valence-corrected chi connectivity index (χ1v) is 9.21. The molecule has 0 bridgehead atoms. The van der Waals surface area contributed by atoms with E-state index in [0.29, 0.717) is 23.1 Å². The van der Waals surface area contributed by atoms with Gasteiger partial charge in [-0.1, -0.05) is 11.6 Å². The molecule has 3 rings (SSSR count). The quantitative estimate of drug-likeness (QED) is 0.845. The van der Waals surface area contributed by atoms with Crippen LogP contribution in [0.3, 0.4) is 0 Å². The molecule has 122 valence electrons. The van der Waals surface area contributed by atoms with Crippen molar-refractivity contribution >= 4 is 51.2 Å². The number of anilines is 1. The van der Waals surface area contributed by atoms with E-state index in [2.05, 4.69) is 10.3 Å². The van der Waals surface area contributed by atoms with E-state index in [1.54, 1.807) is 4.90 Å². The molecule has 2 amide bonds. The van der Waals surface area contributed by atoms with E-state index in [1.165, 1.54) is 22.7 Å². The maximum atomic E-state index is 12.2. The number of nitrogens with zero attached hydrogens (tertiary/aromatic N) is 2. The van der Waals surface area contributed by atoms with Gasteiger partial charge in [0.25, 0.3) is 0 Å². The summed E-state index contributed by atoms with van der Waals surface area (Å²) >= 11 is 9.03. The topological polar surface area (TPSA) is 88.3 Å². The minimum Gasteiger partial charge on any atom is -0.368 e. The average Bonchev–Trinajstić information content (AvgIpc) is 3.24. The lowest BCUT2D eigenvalue weighted by atomic mass is 10.2. The molecule has 1 atom stereocenters. The highest BCUT2D eigenvalue weighted by Crippen LogP contribution is 2.34. The van der Waals surface area contributed by atoms with Crippen molar-refractivity contribution in [3.05, 3.63) is 21.8 Å². The molecule has 1 aliphatic heterocycles. The molecule has 0 aliphatic carbocycles. The van der Waals surface area contributed by atoms with Crippen LogP contribution in [0.4, 0.5) is 5.13 Å². The number of amides is 2. The van der Waals surface area contributed by atoms with Crippen LogP contribution in [0.1, 0.15) is 12.8 Å². The summed E-state index contributed by atoms with van der Waals surface area (Å²) in [6.45, 7) is 0.664. The summed E-state index contributed by atoms with van der Waals surface area (Å²) in [4.78, 5) is 30.5. The normalized spacial score (nSPS) is 17.4. The molecule has 0 aromatic carbocycles. The van der Waals surface area contributed by atoms with Crippen molar-refractivity contribution in [2.45, 2.75) is 18.9 Å². The molecular weight excluding hydrogens is 356 g/mol. The minimum absolute atomic E-state index is 0.0922. The number of nitrogens with one attached hydrogen (secondary N) is 1. The zero-order valence-corrected chi connectivity index (χ0v) is 14.5. The van der Waals surface area contributed by atoms with Crippen molar-refractivity contribution in [2.24, 2.45) is 5.73 Å². The van der Waals surface area contributed by atoms with Crippen LogP contribution in [0, 0.1) is 0 Å². The van der Waals surface area contributed by atoms with Crippen molar-refractivity contribution in [3.63, 3.8) is 0 Å². The van der Waals surface area contributed by atoms with Crippen LogP contribution in [0.25, 0.3) is 10.6 Å². The molecule has 1 aliphatic rings. The van der Waals surface area contributed by atoms with Gasteiger partial charge in [0.1, 0.15) is 6.04 Å². The van der Waals surface area contributed by atoms with Gasteiger partial charge in [-0.05, 0) is 24.3 Å². The van der Waals surface area contributed by atoms with Crippen LogP contribution in [0.5, 0.6) is 0 Å². The maximum absolute atomic E-state index is 12.2. The van der Waals surface area contributed by atoms with Gasteiger partial charge in [-0.2, -0.15) is 0 Å². The van der Waals surface area contributed by atoms with Crippen molar-refractivity contribution in [1.82, 2.24) is 9.88 Å². The Morgan fingerprint density at radius 3 is 3.00 bits per heavy atom. The van der Waals surface area contributed by atoms with Gasteiger partial charge in [0.2, 0.25) is 11.8 Å². The van der Waals surface area contributed by atoms with Gasteiger partial charge in [-0.15, -0.1) is 22.7 Å². The molecule has 0 spiro atoms. The fraction of sp³-hybridized carbons (Fsp3) is 0.357. The lowest BCUT2D eigenvalue weighted by molar-refractivity contribution is -0.135. The second kappa shape index (κ2) is 6.86. The van der Waals surface area contributed by atoms with Gasteiger partial charge in [-0.3, -0.25) is 9.59 Å². The smallest absolute Gasteiger partial charge is 0.242 e. The van der Waals surface area contributed by atoms with Crippen LogP contribution in [0.2, 0.25) is 5.02 Å². The van der Waals surface area contributed by atoms with E-state index < -0.39 is 11.9 Å². The molecule has 9 heteroatoms. The Bertz CT molecular complexity index is 730. The number of rotatable bonds is 5. The Labute approximate surface area is 146 Å². The SMILES string of the molecule is NC(=O)[C@@H]1CCCN1C(=O)CNc1nc(-c2sccc2Cl)cs1. The number of hydrogen-bond acceptors (Lipinski definition) is 6. The van der Waals surface area contributed by atoms with Crippen LogP contribution in [-0.4, -0.2) is 40.8 Å². The van der Waals surface area contributed by atoms with E-state index in [0.717, 1.165) is 17.0 Å². The molecular formula is C14H15ClN4O2S2. The average molecular weight is 371 g/mol. The summed E-state index contributed by atoms with van der Waals surface area (Å²) in [5.74, 6) is -0.586. The predicted octanol–water partition coefficient (Wildman–Crippen LogP) is 2.41. The first-order valence-electron chi connectivity index (χ1n) is 7.08. The standard InChI is InChI=1S/C14H15ClN4O2S2/c15-8-3-5-22-12(8)9-7-23-14(18-9)17-6-11(20)19-4-1-2-10(19)13(16)21/h3,5,7,10H,1-2,4,6H2,(H2,16,21)(H,17,18)/t10-/m0/s1. The van der Waals surface area contributed by atoms with Crippen molar-refractivity contribution in [1.29, 1.82) is 0 Å². The lowest BCUT2D eigenvalue weighted by Gasteiger charge is -2.22. The molecule has 23 heavy (non-hydrogen) atoms. The highest BCUT2D eigenvalue weighted by Gasteiger charge is 2.32. The summed E-state index contributed by atoms with van der Waals surface area (Å²) in [5.41, 5.74) is 6.12. The first-order chi connectivity index (χ1) is 11.1. The van der Waals surface area contributed by atoms with E-state index >= 15 is 0 Å². The Balaban J connectivity index is 1.61. The molecule has 6 nitrogen and oxygen atoms in total. The zero-order valence-electron chi connectivity index (χ0n) is 12.1. The molecule has 0 saturated carbocycles. The third-order valence-electron chi connectivity index (χ3n) is 3.65. The number of nitrogens with two attached hydrogens (primary N) is 1. The monoisotopic (exact) mass is 370 g/mol. The van der Waals surface area contributed by atoms with Crippen LogP contribution in [-0.2, 0) is 9.59 Å². The molecule has 2 aromatic rings. The molecule has 1 fully saturated rings. The van der Waals surface area contributed by atoms with E-state index in [-0.39, 0.29) is 12.5 Å². The molecule has 3 heterocycles. The minimum atomic E-state index is -0.485. The van der Waals surface area contributed by atoms with E-state index in [1.807, 2.05) is 16.8 Å². The number of carbonyl (C=O) groups excluding carboxylic acids is 2. The number of halogens is 1. The number of thiazole rings is 1. The van der Waals surface area contributed by atoms with Crippen LogP contribution < -0.4 is 11.1 Å². The summed E-state index contributed by atoms with van der Waals surface area (Å²) in [7, 11) is 0. The second-order valence-corrected chi connectivity index (χ2v) is 7.32. The number of carbonyl (C=O) groups is 2. The number of hydrogen-bond donors (Lipinski definition) is 2. The zero-order chi connectivity index (χ0) is 16.4. The van der Waals surface area contributed by atoms with Crippen molar-refractivity contribution in [3.8, 4) is 10.6 Å². The summed E-state index contributed by atoms with van der Waals surface area (Å²) in [6, 6.07) is 1.34. The van der Waals surface area contributed by atoms with Crippen LogP contribution >= 0.6 is 34.3 Å². The predicted molar refractivity (Wildman–Crippen MR) is 92.9 cm³/mol. The highest BCUT2D eigenvalue weighted by atomic mass is 35.5. The molecule has 2 aromatic heterocycles. The van der Waals surface area contributed by atoms with Gasteiger partial charge in [-0.25, -0.2) is 4.98 Å². The Morgan fingerprint density at radius 2 is 2.30 bits per heavy atom. The molecule has 0 unspecified atom stereocenters. The van der Waals surface area contributed by atoms with Gasteiger partial charge >= 0.3 is 0 Å². The van der Waals surface area contributed by atoms with Crippen molar-refractivity contribution in [2.75, 3.05) is 18.4 Å².